The Balaban J connectivity index is 1.78. The lowest BCUT2D eigenvalue weighted by atomic mass is 10.2. The summed E-state index contributed by atoms with van der Waals surface area (Å²) < 4.78 is 6.24. The highest BCUT2D eigenvalue weighted by Gasteiger charge is 2.05. The maximum atomic E-state index is 5.21. The van der Waals surface area contributed by atoms with E-state index >= 15 is 0 Å². The van der Waals surface area contributed by atoms with Crippen LogP contribution in [0.25, 0.3) is 0 Å². The normalized spacial score (nSPS) is 10.3. The molecule has 0 aliphatic carbocycles. The van der Waals surface area contributed by atoms with Gasteiger partial charge in [-0.05, 0) is 42.8 Å². The molecule has 0 atom stereocenters. The number of methoxy groups -OCH3 is 1. The van der Waals surface area contributed by atoms with Gasteiger partial charge in [0.25, 0.3) is 0 Å². The van der Waals surface area contributed by atoms with Crippen molar-refractivity contribution in [2.75, 3.05) is 17.7 Å². The monoisotopic (exact) mass is 385 g/mol. The van der Waals surface area contributed by atoms with Gasteiger partial charge in [-0.2, -0.15) is 10.1 Å². The van der Waals surface area contributed by atoms with E-state index in [0.717, 1.165) is 27.2 Å². The zero-order chi connectivity index (χ0) is 16.9. The number of aryl methyl sites for hydroxylation is 1. The standard InChI is InChI=1S/C17H16BrN5O/c1-11-8-12(18)6-7-15(11)21-16-10-19-23-17(22-16)20-13-4-3-5-14(9-13)24-2/h3-10H,1-2H3,(H2,20,21,22,23). The molecule has 0 unspecified atom stereocenters. The van der Waals surface area contributed by atoms with Crippen LogP contribution in [0, 0.1) is 6.92 Å². The lowest BCUT2D eigenvalue weighted by molar-refractivity contribution is 0.415. The van der Waals surface area contributed by atoms with Crippen LogP contribution in [-0.4, -0.2) is 22.3 Å². The summed E-state index contributed by atoms with van der Waals surface area (Å²) in [5.74, 6) is 1.77. The first-order chi connectivity index (χ1) is 11.6. The Kier molecular flexibility index (Phi) is 4.90. The summed E-state index contributed by atoms with van der Waals surface area (Å²) in [6.07, 6.45) is 1.58. The van der Waals surface area contributed by atoms with Gasteiger partial charge < -0.3 is 15.4 Å². The van der Waals surface area contributed by atoms with E-state index < -0.39 is 0 Å². The molecule has 7 heteroatoms. The fourth-order valence-corrected chi connectivity index (χ4v) is 2.63. The Morgan fingerprint density at radius 3 is 2.75 bits per heavy atom. The zero-order valence-corrected chi connectivity index (χ0v) is 14.8. The molecule has 3 rings (SSSR count). The van der Waals surface area contributed by atoms with E-state index in [1.54, 1.807) is 13.3 Å². The summed E-state index contributed by atoms with van der Waals surface area (Å²) >= 11 is 3.46. The van der Waals surface area contributed by atoms with E-state index in [-0.39, 0.29) is 0 Å². The quantitative estimate of drug-likeness (QED) is 0.676. The summed E-state index contributed by atoms with van der Waals surface area (Å²) in [6, 6.07) is 13.5. The summed E-state index contributed by atoms with van der Waals surface area (Å²) in [6.45, 7) is 2.02. The first-order valence-electron chi connectivity index (χ1n) is 7.28. The van der Waals surface area contributed by atoms with Crippen LogP contribution in [0.15, 0.2) is 53.1 Å². The van der Waals surface area contributed by atoms with Gasteiger partial charge in [-0.1, -0.05) is 22.0 Å². The topological polar surface area (TPSA) is 72.0 Å². The average Bonchev–Trinajstić information content (AvgIpc) is 2.58. The van der Waals surface area contributed by atoms with Crippen LogP contribution in [0.2, 0.25) is 0 Å². The van der Waals surface area contributed by atoms with Gasteiger partial charge in [0, 0.05) is 21.9 Å². The number of rotatable bonds is 5. The number of anilines is 4. The Labute approximate surface area is 148 Å². The highest BCUT2D eigenvalue weighted by molar-refractivity contribution is 9.10. The molecule has 0 amide bonds. The number of aromatic nitrogens is 3. The van der Waals surface area contributed by atoms with Gasteiger partial charge in [0.1, 0.15) is 5.75 Å². The molecule has 3 aromatic rings. The van der Waals surface area contributed by atoms with Crippen molar-refractivity contribution in [3.63, 3.8) is 0 Å². The van der Waals surface area contributed by atoms with Crippen LogP contribution in [0.1, 0.15) is 5.56 Å². The van der Waals surface area contributed by atoms with Crippen molar-refractivity contribution >= 4 is 39.1 Å². The Morgan fingerprint density at radius 2 is 1.96 bits per heavy atom. The van der Waals surface area contributed by atoms with Crippen molar-refractivity contribution < 1.29 is 4.74 Å². The van der Waals surface area contributed by atoms with Crippen molar-refractivity contribution in [1.29, 1.82) is 0 Å². The molecule has 1 heterocycles. The predicted octanol–water partition coefficient (Wildman–Crippen LogP) is 4.44. The average molecular weight is 386 g/mol. The van der Waals surface area contributed by atoms with Gasteiger partial charge in [-0.3, -0.25) is 0 Å². The zero-order valence-electron chi connectivity index (χ0n) is 13.2. The maximum Gasteiger partial charge on any atom is 0.249 e. The molecule has 122 valence electrons. The Hall–Kier alpha value is -2.67. The molecule has 24 heavy (non-hydrogen) atoms. The molecule has 2 N–H and O–H groups in total. The molecule has 0 saturated carbocycles. The number of nitrogens with zero attached hydrogens (tertiary/aromatic N) is 3. The Morgan fingerprint density at radius 1 is 1.08 bits per heavy atom. The predicted molar refractivity (Wildman–Crippen MR) is 98.3 cm³/mol. The second-order valence-electron chi connectivity index (χ2n) is 5.11. The summed E-state index contributed by atoms with van der Waals surface area (Å²) in [7, 11) is 1.63. The molecule has 0 saturated heterocycles. The van der Waals surface area contributed by atoms with Gasteiger partial charge in [-0.25, -0.2) is 0 Å². The fraction of sp³-hybridized carbons (Fsp3) is 0.118. The van der Waals surface area contributed by atoms with Crippen molar-refractivity contribution in [1.82, 2.24) is 15.2 Å². The van der Waals surface area contributed by atoms with Crippen LogP contribution in [0.3, 0.4) is 0 Å². The molecule has 0 aliphatic heterocycles. The van der Waals surface area contributed by atoms with E-state index in [9.17, 15) is 0 Å². The van der Waals surface area contributed by atoms with E-state index in [2.05, 4.69) is 41.7 Å². The largest absolute Gasteiger partial charge is 0.497 e. The van der Waals surface area contributed by atoms with Gasteiger partial charge in [-0.15, -0.1) is 5.10 Å². The molecule has 0 radical (unpaired) electrons. The van der Waals surface area contributed by atoms with Gasteiger partial charge in [0.15, 0.2) is 5.82 Å². The third kappa shape index (κ3) is 3.99. The second-order valence-corrected chi connectivity index (χ2v) is 6.02. The van der Waals surface area contributed by atoms with E-state index in [0.29, 0.717) is 11.8 Å². The van der Waals surface area contributed by atoms with Crippen LogP contribution in [0.4, 0.5) is 23.1 Å². The van der Waals surface area contributed by atoms with E-state index in [1.807, 2.05) is 49.4 Å². The smallest absolute Gasteiger partial charge is 0.249 e. The van der Waals surface area contributed by atoms with Crippen molar-refractivity contribution in [2.45, 2.75) is 6.92 Å². The number of benzene rings is 2. The van der Waals surface area contributed by atoms with Crippen molar-refractivity contribution in [3.05, 3.63) is 58.7 Å². The van der Waals surface area contributed by atoms with Gasteiger partial charge >= 0.3 is 0 Å². The van der Waals surface area contributed by atoms with Crippen LogP contribution in [0.5, 0.6) is 5.75 Å². The highest BCUT2D eigenvalue weighted by Crippen LogP contribution is 2.24. The third-order valence-electron chi connectivity index (χ3n) is 3.34. The minimum atomic E-state index is 0.406. The van der Waals surface area contributed by atoms with E-state index in [4.69, 9.17) is 4.74 Å². The number of halogens is 1. The number of nitrogens with one attached hydrogen (secondary N) is 2. The van der Waals surface area contributed by atoms with Crippen LogP contribution < -0.4 is 15.4 Å². The molecule has 0 spiro atoms. The molecule has 0 fully saturated rings. The minimum Gasteiger partial charge on any atom is -0.497 e. The summed E-state index contributed by atoms with van der Waals surface area (Å²) in [4.78, 5) is 4.43. The van der Waals surface area contributed by atoms with Crippen molar-refractivity contribution in [2.24, 2.45) is 0 Å². The molecule has 0 bridgehead atoms. The van der Waals surface area contributed by atoms with Gasteiger partial charge in [0.05, 0.1) is 13.3 Å². The third-order valence-corrected chi connectivity index (χ3v) is 3.83. The number of hydrogen-bond acceptors (Lipinski definition) is 6. The second kappa shape index (κ2) is 7.27. The lowest BCUT2D eigenvalue weighted by Crippen LogP contribution is -2.03. The molecule has 1 aromatic heterocycles. The summed E-state index contributed by atoms with van der Waals surface area (Å²) in [5.41, 5.74) is 2.89. The highest BCUT2D eigenvalue weighted by atomic mass is 79.9. The van der Waals surface area contributed by atoms with E-state index in [1.165, 1.54) is 0 Å². The van der Waals surface area contributed by atoms with Crippen LogP contribution in [-0.2, 0) is 0 Å². The first kappa shape index (κ1) is 16.2. The molecular formula is C17H16BrN5O. The first-order valence-corrected chi connectivity index (χ1v) is 8.07. The minimum absolute atomic E-state index is 0.406. The molecular weight excluding hydrogens is 370 g/mol. The Bertz CT molecular complexity index is 856. The lowest BCUT2D eigenvalue weighted by Gasteiger charge is -2.10. The molecule has 2 aromatic carbocycles. The molecule has 0 aliphatic rings. The van der Waals surface area contributed by atoms with Crippen LogP contribution >= 0.6 is 15.9 Å². The summed E-state index contributed by atoms with van der Waals surface area (Å²) in [5, 5.41) is 14.4. The van der Waals surface area contributed by atoms with Crippen molar-refractivity contribution in [3.8, 4) is 5.75 Å². The van der Waals surface area contributed by atoms with Gasteiger partial charge in [0.2, 0.25) is 5.95 Å². The fourth-order valence-electron chi connectivity index (χ4n) is 2.15. The SMILES string of the molecule is COc1cccc(Nc2nncc(Nc3ccc(Br)cc3C)n2)c1. The number of ether oxygens (including phenoxy) is 1. The molecule has 6 nitrogen and oxygen atoms in total. The number of hydrogen-bond donors (Lipinski definition) is 2. The maximum absolute atomic E-state index is 5.21.